The summed E-state index contributed by atoms with van der Waals surface area (Å²) in [6, 6.07) is 3.93. The van der Waals surface area contributed by atoms with Crippen molar-refractivity contribution in [2.24, 2.45) is 0 Å². The fraction of sp³-hybridized carbons (Fsp3) is 0.545. The minimum Gasteiger partial charge on any atom is -0.480 e. The van der Waals surface area contributed by atoms with Crippen LogP contribution in [-0.4, -0.2) is 35.1 Å². The monoisotopic (exact) mass is 211 g/mol. The van der Waals surface area contributed by atoms with Gasteiger partial charge in [-0.1, -0.05) is 6.92 Å². The summed E-state index contributed by atoms with van der Waals surface area (Å²) in [5.74, 6) is 0.106. The zero-order chi connectivity index (χ0) is 11.3. The molecule has 1 heterocycles. The van der Waals surface area contributed by atoms with E-state index in [9.17, 15) is 4.79 Å². The molecule has 1 unspecified atom stereocenters. The van der Waals surface area contributed by atoms with Crippen LogP contribution in [0.2, 0.25) is 0 Å². The zero-order valence-electron chi connectivity index (χ0n) is 9.14. The van der Waals surface area contributed by atoms with Gasteiger partial charge in [-0.3, -0.25) is 9.69 Å². The molecule has 1 N–H and O–H groups in total. The maximum absolute atomic E-state index is 10.6. The second-order valence-corrected chi connectivity index (χ2v) is 3.59. The molecule has 1 atom stereocenters. The highest BCUT2D eigenvalue weighted by molar-refractivity contribution is 5.69. The molecule has 0 saturated heterocycles. The Hall–Kier alpha value is -1.29. The van der Waals surface area contributed by atoms with Crippen molar-refractivity contribution in [2.45, 2.75) is 26.3 Å². The average Bonchev–Trinajstić information content (AvgIpc) is 2.66. The number of carbonyl (C=O) groups is 1. The van der Waals surface area contributed by atoms with Gasteiger partial charge < -0.3 is 9.52 Å². The molecule has 0 saturated carbocycles. The van der Waals surface area contributed by atoms with Crippen LogP contribution in [0.3, 0.4) is 0 Å². The van der Waals surface area contributed by atoms with E-state index in [1.54, 1.807) is 6.26 Å². The number of furan rings is 1. The molecule has 4 heteroatoms. The Morgan fingerprint density at radius 1 is 1.67 bits per heavy atom. The Balaban J connectivity index is 2.49. The molecule has 15 heavy (non-hydrogen) atoms. The van der Waals surface area contributed by atoms with Crippen LogP contribution in [0.5, 0.6) is 0 Å². The predicted octanol–water partition coefficient (Wildman–Crippen LogP) is 1.62. The molecule has 0 amide bonds. The van der Waals surface area contributed by atoms with Gasteiger partial charge in [-0.2, -0.15) is 0 Å². The molecule has 0 fully saturated rings. The summed E-state index contributed by atoms with van der Waals surface area (Å²) < 4.78 is 5.23. The average molecular weight is 211 g/mol. The third kappa shape index (κ3) is 3.75. The minimum absolute atomic E-state index is 0.0817. The maximum atomic E-state index is 10.6. The lowest BCUT2D eigenvalue weighted by Crippen LogP contribution is -2.38. The molecule has 0 aliphatic heterocycles. The zero-order valence-corrected chi connectivity index (χ0v) is 9.14. The van der Waals surface area contributed by atoms with Crippen LogP contribution in [0, 0.1) is 0 Å². The molecular formula is C11H17NO3. The third-order valence-electron chi connectivity index (χ3n) is 2.44. The molecule has 4 nitrogen and oxygen atoms in total. The van der Waals surface area contributed by atoms with Gasteiger partial charge in [0.2, 0.25) is 0 Å². The SMILES string of the molecule is CCN(CC(=O)O)C(C)Cc1ccco1. The van der Waals surface area contributed by atoms with E-state index in [4.69, 9.17) is 9.52 Å². The van der Waals surface area contributed by atoms with Crippen molar-refractivity contribution in [3.05, 3.63) is 24.2 Å². The van der Waals surface area contributed by atoms with Crippen molar-refractivity contribution < 1.29 is 14.3 Å². The van der Waals surface area contributed by atoms with Crippen molar-refractivity contribution in [3.63, 3.8) is 0 Å². The standard InChI is InChI=1S/C11H17NO3/c1-3-12(8-11(13)14)9(2)7-10-5-4-6-15-10/h4-6,9H,3,7-8H2,1-2H3,(H,13,14). The maximum Gasteiger partial charge on any atom is 0.317 e. The molecule has 84 valence electrons. The lowest BCUT2D eigenvalue weighted by atomic mass is 10.1. The third-order valence-corrected chi connectivity index (χ3v) is 2.44. The number of likely N-dealkylation sites (N-methyl/N-ethyl adjacent to an activating group) is 1. The Kier molecular flexibility index (Phi) is 4.37. The van der Waals surface area contributed by atoms with E-state index in [0.29, 0.717) is 0 Å². The summed E-state index contributed by atoms with van der Waals surface area (Å²) in [5.41, 5.74) is 0. The smallest absolute Gasteiger partial charge is 0.317 e. The number of carboxylic acid groups (broad SMARTS) is 1. The molecule has 0 aliphatic rings. The van der Waals surface area contributed by atoms with Gasteiger partial charge in [0.05, 0.1) is 12.8 Å². The van der Waals surface area contributed by atoms with Crippen LogP contribution in [0.25, 0.3) is 0 Å². The predicted molar refractivity (Wildman–Crippen MR) is 56.8 cm³/mol. The van der Waals surface area contributed by atoms with Gasteiger partial charge in [0.15, 0.2) is 0 Å². The Bertz CT molecular complexity index is 295. The molecule has 1 aromatic rings. The van der Waals surface area contributed by atoms with Crippen LogP contribution in [0.4, 0.5) is 0 Å². The van der Waals surface area contributed by atoms with Crippen molar-refractivity contribution in [1.82, 2.24) is 4.90 Å². The molecular weight excluding hydrogens is 194 g/mol. The Morgan fingerprint density at radius 2 is 2.40 bits per heavy atom. The van der Waals surface area contributed by atoms with E-state index in [2.05, 4.69) is 0 Å². The fourth-order valence-corrected chi connectivity index (χ4v) is 1.60. The number of aliphatic carboxylic acids is 1. The first-order chi connectivity index (χ1) is 7.13. The highest BCUT2D eigenvalue weighted by Gasteiger charge is 2.16. The number of hydrogen-bond acceptors (Lipinski definition) is 3. The number of nitrogens with zero attached hydrogens (tertiary/aromatic N) is 1. The van der Waals surface area contributed by atoms with Crippen molar-refractivity contribution in [1.29, 1.82) is 0 Å². The van der Waals surface area contributed by atoms with E-state index < -0.39 is 5.97 Å². The van der Waals surface area contributed by atoms with Crippen LogP contribution in [0.1, 0.15) is 19.6 Å². The quantitative estimate of drug-likeness (QED) is 0.776. The number of rotatable bonds is 6. The van der Waals surface area contributed by atoms with E-state index in [-0.39, 0.29) is 12.6 Å². The molecule has 1 rings (SSSR count). The van der Waals surface area contributed by atoms with Gasteiger partial charge in [0, 0.05) is 12.5 Å². The Labute approximate surface area is 89.5 Å². The summed E-state index contributed by atoms with van der Waals surface area (Å²) in [4.78, 5) is 12.5. The van der Waals surface area contributed by atoms with Crippen LogP contribution < -0.4 is 0 Å². The van der Waals surface area contributed by atoms with Gasteiger partial charge >= 0.3 is 5.97 Å². The van der Waals surface area contributed by atoms with Gasteiger partial charge in [0.1, 0.15) is 5.76 Å². The first-order valence-corrected chi connectivity index (χ1v) is 5.11. The summed E-state index contributed by atoms with van der Waals surface area (Å²) >= 11 is 0. The number of carboxylic acids is 1. The van der Waals surface area contributed by atoms with Crippen molar-refractivity contribution >= 4 is 5.97 Å². The van der Waals surface area contributed by atoms with Crippen LogP contribution in [-0.2, 0) is 11.2 Å². The normalized spacial score (nSPS) is 13.0. The summed E-state index contributed by atoms with van der Waals surface area (Å²) in [6.07, 6.45) is 2.38. The van der Waals surface area contributed by atoms with E-state index in [0.717, 1.165) is 18.7 Å². The highest BCUT2D eigenvalue weighted by atomic mass is 16.4. The van der Waals surface area contributed by atoms with Crippen LogP contribution >= 0.6 is 0 Å². The number of hydrogen-bond donors (Lipinski definition) is 1. The van der Waals surface area contributed by atoms with Crippen molar-refractivity contribution in [2.75, 3.05) is 13.1 Å². The van der Waals surface area contributed by atoms with Gasteiger partial charge in [-0.15, -0.1) is 0 Å². The molecule has 1 aromatic heterocycles. The first-order valence-electron chi connectivity index (χ1n) is 5.11. The second-order valence-electron chi connectivity index (χ2n) is 3.59. The molecule has 0 aliphatic carbocycles. The van der Waals surface area contributed by atoms with Crippen LogP contribution in [0.15, 0.2) is 22.8 Å². The lowest BCUT2D eigenvalue weighted by Gasteiger charge is -2.25. The molecule has 0 radical (unpaired) electrons. The molecule has 0 bridgehead atoms. The minimum atomic E-state index is -0.789. The largest absolute Gasteiger partial charge is 0.480 e. The fourth-order valence-electron chi connectivity index (χ4n) is 1.60. The molecule has 0 spiro atoms. The molecule has 0 aromatic carbocycles. The highest BCUT2D eigenvalue weighted by Crippen LogP contribution is 2.08. The van der Waals surface area contributed by atoms with E-state index in [1.807, 2.05) is 30.9 Å². The van der Waals surface area contributed by atoms with Gasteiger partial charge in [0.25, 0.3) is 0 Å². The van der Waals surface area contributed by atoms with Gasteiger partial charge in [-0.25, -0.2) is 0 Å². The summed E-state index contributed by atoms with van der Waals surface area (Å²) in [5, 5.41) is 8.72. The summed E-state index contributed by atoms with van der Waals surface area (Å²) in [7, 11) is 0. The van der Waals surface area contributed by atoms with E-state index in [1.165, 1.54) is 0 Å². The lowest BCUT2D eigenvalue weighted by molar-refractivity contribution is -0.138. The Morgan fingerprint density at radius 3 is 2.87 bits per heavy atom. The van der Waals surface area contributed by atoms with Crippen molar-refractivity contribution in [3.8, 4) is 0 Å². The summed E-state index contributed by atoms with van der Waals surface area (Å²) in [6.45, 7) is 4.78. The topological polar surface area (TPSA) is 53.7 Å². The second kappa shape index (κ2) is 5.56. The van der Waals surface area contributed by atoms with Gasteiger partial charge in [-0.05, 0) is 25.6 Å². The van der Waals surface area contributed by atoms with E-state index >= 15 is 0 Å². The first kappa shape index (κ1) is 11.8.